The van der Waals surface area contributed by atoms with E-state index in [4.69, 9.17) is 11.6 Å². The minimum absolute atomic E-state index is 0.0353. The predicted molar refractivity (Wildman–Crippen MR) is 78.9 cm³/mol. The average molecular weight is 349 g/mol. The highest BCUT2D eigenvalue weighted by Crippen LogP contribution is 2.31. The summed E-state index contributed by atoms with van der Waals surface area (Å²) in [5.74, 6) is -0.197. The zero-order valence-electron chi connectivity index (χ0n) is 9.71. The number of thiophene rings is 1. The topological polar surface area (TPSA) is 12.0 Å². The first-order valence-corrected chi connectivity index (χ1v) is 7.51. The Labute approximate surface area is 123 Å². The van der Waals surface area contributed by atoms with E-state index in [2.05, 4.69) is 21.2 Å². The van der Waals surface area contributed by atoms with Crippen LogP contribution in [0.4, 0.5) is 4.39 Å². The molecule has 0 radical (unpaired) electrons. The van der Waals surface area contributed by atoms with E-state index in [9.17, 15) is 4.39 Å². The van der Waals surface area contributed by atoms with Gasteiger partial charge < -0.3 is 5.32 Å². The molecule has 2 rings (SSSR count). The van der Waals surface area contributed by atoms with E-state index in [1.54, 1.807) is 17.4 Å². The third kappa shape index (κ3) is 3.12. The molecule has 5 heteroatoms. The van der Waals surface area contributed by atoms with Gasteiger partial charge in [-0.3, -0.25) is 0 Å². The molecule has 1 atom stereocenters. The fourth-order valence-electron chi connectivity index (χ4n) is 1.79. The second kappa shape index (κ2) is 6.15. The van der Waals surface area contributed by atoms with Gasteiger partial charge in [0.2, 0.25) is 0 Å². The van der Waals surface area contributed by atoms with Crippen LogP contribution in [0, 0.1) is 5.82 Å². The van der Waals surface area contributed by atoms with Crippen LogP contribution in [0.1, 0.15) is 16.5 Å². The summed E-state index contributed by atoms with van der Waals surface area (Å²) in [5.41, 5.74) is 0.682. The Bertz CT molecular complexity index is 544. The number of hydrogen-bond donors (Lipinski definition) is 1. The molecule has 18 heavy (non-hydrogen) atoms. The molecule has 0 bridgehead atoms. The number of halogens is 3. The van der Waals surface area contributed by atoms with Crippen LogP contribution in [0.5, 0.6) is 0 Å². The van der Waals surface area contributed by atoms with E-state index in [0.717, 1.165) is 14.4 Å². The van der Waals surface area contributed by atoms with Crippen molar-refractivity contribution in [1.82, 2.24) is 5.32 Å². The summed E-state index contributed by atoms with van der Waals surface area (Å²) in [5, 5.41) is 5.86. The maximum atomic E-state index is 13.8. The molecule has 0 aliphatic rings. The van der Waals surface area contributed by atoms with Crippen LogP contribution in [0.15, 0.2) is 34.1 Å². The first-order valence-electron chi connectivity index (χ1n) is 5.46. The van der Waals surface area contributed by atoms with Crippen LogP contribution >= 0.6 is 38.9 Å². The van der Waals surface area contributed by atoms with Crippen molar-refractivity contribution in [2.75, 3.05) is 7.05 Å². The van der Waals surface area contributed by atoms with Gasteiger partial charge in [0.05, 0.1) is 5.02 Å². The molecule has 1 N–H and O–H groups in total. The lowest BCUT2D eigenvalue weighted by Crippen LogP contribution is -2.18. The second-order valence-electron chi connectivity index (χ2n) is 3.91. The van der Waals surface area contributed by atoms with Crippen molar-refractivity contribution in [3.05, 3.63) is 55.4 Å². The van der Waals surface area contributed by atoms with Crippen LogP contribution in [0.3, 0.4) is 0 Å². The summed E-state index contributed by atoms with van der Waals surface area (Å²) >= 11 is 11.0. The largest absolute Gasteiger partial charge is 0.312 e. The highest BCUT2D eigenvalue weighted by molar-refractivity contribution is 9.10. The van der Waals surface area contributed by atoms with Crippen molar-refractivity contribution in [2.45, 2.75) is 12.5 Å². The molecule has 1 nitrogen and oxygen atoms in total. The number of benzene rings is 1. The summed E-state index contributed by atoms with van der Waals surface area (Å²) in [7, 11) is 1.86. The van der Waals surface area contributed by atoms with Gasteiger partial charge in [-0.1, -0.05) is 33.6 Å². The van der Waals surface area contributed by atoms with E-state index in [0.29, 0.717) is 12.0 Å². The van der Waals surface area contributed by atoms with E-state index >= 15 is 0 Å². The number of nitrogens with one attached hydrogen (secondary N) is 1. The molecule has 1 aromatic heterocycles. The standard InChI is InChI=1S/C13H12BrClFNS/c1-17-12(13-10(15)4-5-18-13)6-8-2-3-9(14)7-11(8)16/h2-5,7,12,17H,6H2,1H3. The third-order valence-electron chi connectivity index (χ3n) is 2.75. The van der Waals surface area contributed by atoms with Crippen LogP contribution in [0.2, 0.25) is 5.02 Å². The van der Waals surface area contributed by atoms with Crippen LogP contribution < -0.4 is 5.32 Å². The Morgan fingerprint density at radius 1 is 1.44 bits per heavy atom. The number of hydrogen-bond acceptors (Lipinski definition) is 2. The van der Waals surface area contributed by atoms with E-state index in [1.807, 2.05) is 24.6 Å². The van der Waals surface area contributed by atoms with Crippen molar-refractivity contribution >= 4 is 38.9 Å². The monoisotopic (exact) mass is 347 g/mol. The van der Waals surface area contributed by atoms with Gasteiger partial charge in [0.25, 0.3) is 0 Å². The summed E-state index contributed by atoms with van der Waals surface area (Å²) in [6, 6.07) is 7.03. The van der Waals surface area contributed by atoms with Gasteiger partial charge in [0.15, 0.2) is 0 Å². The first-order chi connectivity index (χ1) is 8.61. The minimum Gasteiger partial charge on any atom is -0.312 e. The van der Waals surface area contributed by atoms with E-state index in [-0.39, 0.29) is 11.9 Å². The molecule has 1 unspecified atom stereocenters. The van der Waals surface area contributed by atoms with Crippen LogP contribution in [-0.2, 0) is 6.42 Å². The average Bonchev–Trinajstić information content (AvgIpc) is 2.75. The second-order valence-corrected chi connectivity index (χ2v) is 6.18. The van der Waals surface area contributed by atoms with Gasteiger partial charge >= 0.3 is 0 Å². The molecule has 0 amide bonds. The zero-order chi connectivity index (χ0) is 13.1. The summed E-state index contributed by atoms with van der Waals surface area (Å²) in [6.07, 6.45) is 0.579. The van der Waals surface area contributed by atoms with Crippen molar-refractivity contribution in [2.24, 2.45) is 0 Å². The maximum absolute atomic E-state index is 13.8. The molecule has 96 valence electrons. The van der Waals surface area contributed by atoms with Crippen molar-refractivity contribution < 1.29 is 4.39 Å². The lowest BCUT2D eigenvalue weighted by atomic mass is 10.0. The van der Waals surface area contributed by atoms with Gasteiger partial charge in [-0.25, -0.2) is 4.39 Å². The molecule has 0 aliphatic heterocycles. The molecular weight excluding hydrogens is 337 g/mol. The molecule has 0 aliphatic carbocycles. The lowest BCUT2D eigenvalue weighted by molar-refractivity contribution is 0.559. The fraction of sp³-hybridized carbons (Fsp3) is 0.231. The Balaban J connectivity index is 2.23. The Morgan fingerprint density at radius 3 is 2.78 bits per heavy atom. The van der Waals surface area contributed by atoms with Gasteiger partial charge in [0, 0.05) is 15.4 Å². The highest BCUT2D eigenvalue weighted by atomic mass is 79.9. The van der Waals surface area contributed by atoms with Gasteiger partial charge in [0.1, 0.15) is 5.82 Å². The minimum atomic E-state index is -0.197. The Morgan fingerprint density at radius 2 is 2.22 bits per heavy atom. The maximum Gasteiger partial charge on any atom is 0.127 e. The predicted octanol–water partition coefficient (Wildman–Crippen LogP) is 4.81. The molecule has 1 aromatic carbocycles. The smallest absolute Gasteiger partial charge is 0.127 e. The van der Waals surface area contributed by atoms with Crippen molar-refractivity contribution in [3.63, 3.8) is 0 Å². The first kappa shape index (κ1) is 14.0. The molecular formula is C13H12BrClFNS. The molecule has 1 heterocycles. The number of likely N-dealkylation sites (N-methyl/N-ethyl adjacent to an activating group) is 1. The number of rotatable bonds is 4. The summed E-state index contributed by atoms with van der Waals surface area (Å²) in [4.78, 5) is 1.04. The third-order valence-corrected chi connectivity index (χ3v) is 4.71. The Kier molecular flexibility index (Phi) is 4.78. The molecule has 0 spiro atoms. The van der Waals surface area contributed by atoms with Gasteiger partial charge in [-0.2, -0.15) is 0 Å². The Hall–Kier alpha value is -0.420. The lowest BCUT2D eigenvalue weighted by Gasteiger charge is -2.16. The molecule has 2 aromatic rings. The normalized spacial score (nSPS) is 12.7. The quantitative estimate of drug-likeness (QED) is 0.836. The molecule has 0 saturated heterocycles. The SMILES string of the molecule is CNC(Cc1ccc(Br)cc1F)c1sccc1Cl. The van der Waals surface area contributed by atoms with Crippen molar-refractivity contribution in [1.29, 1.82) is 0 Å². The van der Waals surface area contributed by atoms with Crippen LogP contribution in [-0.4, -0.2) is 7.05 Å². The van der Waals surface area contributed by atoms with E-state index in [1.165, 1.54) is 6.07 Å². The molecule has 0 fully saturated rings. The van der Waals surface area contributed by atoms with Gasteiger partial charge in [-0.05, 0) is 42.6 Å². The molecule has 0 saturated carbocycles. The highest BCUT2D eigenvalue weighted by Gasteiger charge is 2.16. The van der Waals surface area contributed by atoms with Gasteiger partial charge in [-0.15, -0.1) is 11.3 Å². The van der Waals surface area contributed by atoms with Crippen molar-refractivity contribution in [3.8, 4) is 0 Å². The fourth-order valence-corrected chi connectivity index (χ4v) is 3.42. The zero-order valence-corrected chi connectivity index (χ0v) is 12.9. The summed E-state index contributed by atoms with van der Waals surface area (Å²) in [6.45, 7) is 0. The van der Waals surface area contributed by atoms with Crippen LogP contribution in [0.25, 0.3) is 0 Å². The summed E-state index contributed by atoms with van der Waals surface area (Å²) < 4.78 is 14.6. The van der Waals surface area contributed by atoms with E-state index < -0.39 is 0 Å².